The number of amides is 1. The van der Waals surface area contributed by atoms with Crippen LogP contribution in [0.3, 0.4) is 0 Å². The van der Waals surface area contributed by atoms with Gasteiger partial charge in [-0.2, -0.15) is 5.26 Å². The summed E-state index contributed by atoms with van der Waals surface area (Å²) in [6.45, 7) is 3.20. The zero-order chi connectivity index (χ0) is 17.1. The quantitative estimate of drug-likeness (QED) is 0.860. The lowest BCUT2D eigenvalue weighted by molar-refractivity contribution is -0.120. The molecule has 1 amide bonds. The van der Waals surface area contributed by atoms with Crippen LogP contribution in [0.5, 0.6) is 0 Å². The molecule has 124 valence electrons. The molecule has 0 radical (unpaired) electrons. The number of hydrogen-bond acceptors (Lipinski definition) is 5. The molecule has 1 fully saturated rings. The van der Waals surface area contributed by atoms with Crippen molar-refractivity contribution in [3.63, 3.8) is 0 Å². The second kappa shape index (κ2) is 6.93. The van der Waals surface area contributed by atoms with Crippen molar-refractivity contribution < 1.29 is 9.32 Å². The van der Waals surface area contributed by atoms with Gasteiger partial charge in [-0.15, -0.1) is 0 Å². The van der Waals surface area contributed by atoms with E-state index in [1.807, 2.05) is 19.1 Å². The molecule has 6 nitrogen and oxygen atoms in total. The molecule has 1 unspecified atom stereocenters. The van der Waals surface area contributed by atoms with E-state index in [-0.39, 0.29) is 17.7 Å². The lowest BCUT2D eigenvalue weighted by Crippen LogP contribution is -2.28. The fourth-order valence-corrected chi connectivity index (χ4v) is 3.04. The maximum Gasteiger partial charge on any atom is 0.231 e. The summed E-state index contributed by atoms with van der Waals surface area (Å²) in [5.41, 5.74) is 1.43. The fourth-order valence-electron chi connectivity index (χ4n) is 2.85. The number of rotatable bonds is 4. The Hall–Kier alpha value is -2.52. The highest BCUT2D eigenvalue weighted by molar-refractivity contribution is 6.30. The topological polar surface area (TPSA) is 82.2 Å². The molecule has 24 heavy (non-hydrogen) atoms. The largest absolute Gasteiger partial charge is 0.338 e. The van der Waals surface area contributed by atoms with Crippen LogP contribution < -0.4 is 5.32 Å². The molecular formula is C17H17ClN4O2. The van der Waals surface area contributed by atoms with Crippen LogP contribution in [0.25, 0.3) is 11.3 Å². The van der Waals surface area contributed by atoms with E-state index in [4.69, 9.17) is 21.4 Å². The molecule has 2 heterocycles. The maximum absolute atomic E-state index is 12.4. The van der Waals surface area contributed by atoms with Gasteiger partial charge in [-0.05, 0) is 24.5 Å². The summed E-state index contributed by atoms with van der Waals surface area (Å²) in [5, 5.41) is 16.2. The van der Waals surface area contributed by atoms with E-state index < -0.39 is 0 Å². The molecule has 0 bridgehead atoms. The number of carbonyl (C=O) groups is 1. The Balaban J connectivity index is 1.64. The minimum atomic E-state index is -0.205. The Morgan fingerprint density at radius 1 is 1.54 bits per heavy atom. The summed E-state index contributed by atoms with van der Waals surface area (Å²) in [7, 11) is 0. The summed E-state index contributed by atoms with van der Waals surface area (Å²) in [6, 6.07) is 8.93. The predicted octanol–water partition coefficient (Wildman–Crippen LogP) is 3.37. The highest BCUT2D eigenvalue weighted by atomic mass is 35.5. The fraction of sp³-hybridized carbons (Fsp3) is 0.353. The number of anilines is 1. The first-order chi connectivity index (χ1) is 11.6. The van der Waals surface area contributed by atoms with Crippen LogP contribution in [-0.2, 0) is 4.79 Å². The lowest BCUT2D eigenvalue weighted by Gasteiger charge is -2.17. The smallest absolute Gasteiger partial charge is 0.231 e. The molecule has 1 aliphatic rings. The van der Waals surface area contributed by atoms with Gasteiger partial charge < -0.3 is 9.42 Å². The Labute approximate surface area is 145 Å². The molecule has 1 aromatic carbocycles. The number of benzene rings is 1. The molecule has 2 atom stereocenters. The first-order valence-electron chi connectivity index (χ1n) is 7.75. The van der Waals surface area contributed by atoms with Crippen molar-refractivity contribution in [3.8, 4) is 17.5 Å². The number of likely N-dealkylation sites (tertiary alicyclic amines) is 1. The third-order valence-electron chi connectivity index (χ3n) is 4.36. The summed E-state index contributed by atoms with van der Waals surface area (Å²) in [6.07, 6.45) is 2.97. The van der Waals surface area contributed by atoms with Crippen molar-refractivity contribution in [1.29, 1.82) is 5.26 Å². The minimum absolute atomic E-state index is 0.131. The molecule has 7 heteroatoms. The molecule has 3 rings (SSSR count). The van der Waals surface area contributed by atoms with Gasteiger partial charge >= 0.3 is 0 Å². The van der Waals surface area contributed by atoms with Crippen LogP contribution in [0.4, 0.5) is 5.88 Å². The van der Waals surface area contributed by atoms with Crippen LogP contribution in [0.2, 0.25) is 5.02 Å². The Bertz CT molecular complexity index is 783. The molecule has 0 spiro atoms. The standard InChI is InChI=1S/C17H17ClN4O2/c1-11(13-5-6-22(9-13)10-19)17(23)20-16-8-15(21-24-16)12-3-2-4-14(18)7-12/h2-4,7-8,11,13H,5-6,9H2,1H3,(H,20,23)/t11?,13-/m1/s1. The van der Waals surface area contributed by atoms with Crippen LogP contribution in [0.15, 0.2) is 34.9 Å². The molecule has 0 saturated carbocycles. The summed E-state index contributed by atoms with van der Waals surface area (Å²) >= 11 is 5.97. The third kappa shape index (κ3) is 3.52. The van der Waals surface area contributed by atoms with E-state index in [0.717, 1.165) is 12.0 Å². The van der Waals surface area contributed by atoms with Gasteiger partial charge in [0.05, 0.1) is 0 Å². The van der Waals surface area contributed by atoms with Gasteiger partial charge in [0.1, 0.15) is 5.69 Å². The van der Waals surface area contributed by atoms with E-state index in [1.165, 1.54) is 0 Å². The highest BCUT2D eigenvalue weighted by Crippen LogP contribution is 2.27. The van der Waals surface area contributed by atoms with Crippen LogP contribution in [0, 0.1) is 23.3 Å². The minimum Gasteiger partial charge on any atom is -0.338 e. The summed E-state index contributed by atoms with van der Waals surface area (Å²) < 4.78 is 5.20. The second-order valence-corrected chi connectivity index (χ2v) is 6.40. The molecule has 1 aliphatic heterocycles. The van der Waals surface area contributed by atoms with Crippen molar-refractivity contribution >= 4 is 23.4 Å². The first kappa shape index (κ1) is 16.3. The van der Waals surface area contributed by atoms with Gasteiger partial charge in [-0.1, -0.05) is 35.8 Å². The van der Waals surface area contributed by atoms with E-state index in [0.29, 0.717) is 29.7 Å². The van der Waals surface area contributed by atoms with Crippen LogP contribution >= 0.6 is 11.6 Å². The number of carbonyl (C=O) groups excluding carboxylic acids is 1. The molecular weight excluding hydrogens is 328 g/mol. The molecule has 1 N–H and O–H groups in total. The number of halogens is 1. The first-order valence-corrected chi connectivity index (χ1v) is 8.13. The van der Waals surface area contributed by atoms with Gasteiger partial charge in [0.2, 0.25) is 11.8 Å². The van der Waals surface area contributed by atoms with Gasteiger partial charge in [0.15, 0.2) is 6.19 Å². The zero-order valence-electron chi connectivity index (χ0n) is 13.2. The van der Waals surface area contributed by atoms with Crippen molar-refractivity contribution in [1.82, 2.24) is 10.1 Å². The van der Waals surface area contributed by atoms with Crippen LogP contribution in [0.1, 0.15) is 13.3 Å². The predicted molar refractivity (Wildman–Crippen MR) is 90.0 cm³/mol. The Morgan fingerprint density at radius 2 is 2.38 bits per heavy atom. The molecule has 1 aromatic heterocycles. The zero-order valence-corrected chi connectivity index (χ0v) is 14.0. The monoisotopic (exact) mass is 344 g/mol. The maximum atomic E-state index is 12.4. The van der Waals surface area contributed by atoms with Crippen LogP contribution in [-0.4, -0.2) is 29.1 Å². The normalized spacial score (nSPS) is 18.2. The lowest BCUT2D eigenvalue weighted by atomic mass is 9.92. The summed E-state index contributed by atoms with van der Waals surface area (Å²) in [4.78, 5) is 14.1. The van der Waals surface area contributed by atoms with Crippen molar-refractivity contribution in [2.24, 2.45) is 11.8 Å². The SMILES string of the molecule is CC(C(=O)Nc1cc(-c2cccc(Cl)c2)no1)[C@@H]1CCN(C#N)C1. The van der Waals surface area contributed by atoms with Crippen molar-refractivity contribution in [3.05, 3.63) is 35.4 Å². The van der Waals surface area contributed by atoms with Gasteiger partial charge in [0, 0.05) is 35.7 Å². The van der Waals surface area contributed by atoms with Crippen molar-refractivity contribution in [2.75, 3.05) is 18.4 Å². The van der Waals surface area contributed by atoms with Gasteiger partial charge in [0.25, 0.3) is 0 Å². The van der Waals surface area contributed by atoms with E-state index in [9.17, 15) is 4.79 Å². The van der Waals surface area contributed by atoms with Gasteiger partial charge in [-0.3, -0.25) is 10.1 Å². The average molecular weight is 345 g/mol. The number of nitrogens with one attached hydrogen (secondary N) is 1. The number of nitriles is 1. The van der Waals surface area contributed by atoms with Crippen molar-refractivity contribution in [2.45, 2.75) is 13.3 Å². The molecule has 2 aromatic rings. The molecule has 0 aliphatic carbocycles. The van der Waals surface area contributed by atoms with Gasteiger partial charge in [-0.25, -0.2) is 0 Å². The Kier molecular flexibility index (Phi) is 4.72. The highest BCUT2D eigenvalue weighted by Gasteiger charge is 2.31. The summed E-state index contributed by atoms with van der Waals surface area (Å²) in [5.74, 6) is 0.133. The Morgan fingerprint density at radius 3 is 3.08 bits per heavy atom. The number of hydrogen-bond donors (Lipinski definition) is 1. The third-order valence-corrected chi connectivity index (χ3v) is 4.60. The second-order valence-electron chi connectivity index (χ2n) is 5.96. The van der Waals surface area contributed by atoms with E-state index in [2.05, 4.69) is 16.7 Å². The number of aromatic nitrogens is 1. The van der Waals surface area contributed by atoms with E-state index >= 15 is 0 Å². The average Bonchev–Trinajstić information content (AvgIpc) is 3.23. The molecule has 1 saturated heterocycles. The van der Waals surface area contributed by atoms with E-state index in [1.54, 1.807) is 23.1 Å². The number of nitrogens with zero attached hydrogens (tertiary/aromatic N) is 3.